The Balaban J connectivity index is 1.75. The van der Waals surface area contributed by atoms with Crippen molar-refractivity contribution in [1.29, 1.82) is 0 Å². The predicted octanol–water partition coefficient (Wildman–Crippen LogP) is 2.90. The Morgan fingerprint density at radius 1 is 1.19 bits per heavy atom. The van der Waals surface area contributed by atoms with Gasteiger partial charge in [-0.15, -0.1) is 0 Å². The topological polar surface area (TPSA) is 65.1 Å². The number of nitrogens with zero attached hydrogens (tertiary/aromatic N) is 1. The quantitative estimate of drug-likeness (QED) is 0.711. The van der Waals surface area contributed by atoms with Gasteiger partial charge in [0.2, 0.25) is 0 Å². The van der Waals surface area contributed by atoms with Crippen LogP contribution >= 0.6 is 0 Å². The molecule has 1 aliphatic rings. The summed E-state index contributed by atoms with van der Waals surface area (Å²) in [6.45, 7) is 1.50. The van der Waals surface area contributed by atoms with Gasteiger partial charge in [-0.3, -0.25) is 9.69 Å². The fourth-order valence-electron chi connectivity index (χ4n) is 2.69. The molecule has 2 aromatic rings. The third kappa shape index (κ3) is 3.83. The fraction of sp³-hybridized carbons (Fsp3) is 0.263. The van der Waals surface area contributed by atoms with Gasteiger partial charge in [-0.05, 0) is 25.1 Å². The molecule has 1 atom stereocenters. The second kappa shape index (κ2) is 7.97. The smallest absolute Gasteiger partial charge is 0.332 e. The third-order valence-corrected chi connectivity index (χ3v) is 3.83. The van der Waals surface area contributed by atoms with Crippen LogP contribution in [0, 0.1) is 5.82 Å². The van der Waals surface area contributed by atoms with Crippen LogP contribution in [0.3, 0.4) is 0 Å². The van der Waals surface area contributed by atoms with Crippen LogP contribution in [-0.2, 0) is 14.3 Å². The number of ether oxygens (including phenoxy) is 3. The van der Waals surface area contributed by atoms with Gasteiger partial charge in [0.15, 0.2) is 13.0 Å². The fourth-order valence-corrected chi connectivity index (χ4v) is 2.69. The molecule has 0 bridgehead atoms. The second-order valence-electron chi connectivity index (χ2n) is 5.56. The van der Waals surface area contributed by atoms with Crippen LogP contribution in [0.25, 0.3) is 0 Å². The van der Waals surface area contributed by atoms with Crippen molar-refractivity contribution in [2.24, 2.45) is 0 Å². The normalized spacial score (nSPS) is 15.7. The zero-order chi connectivity index (χ0) is 18.5. The van der Waals surface area contributed by atoms with E-state index in [4.69, 9.17) is 14.2 Å². The molecule has 0 aliphatic carbocycles. The molecule has 1 amide bonds. The minimum atomic E-state index is -0.781. The Bertz CT molecular complexity index is 810. The van der Waals surface area contributed by atoms with Crippen LogP contribution in [0.2, 0.25) is 0 Å². The molecule has 0 saturated heterocycles. The summed E-state index contributed by atoms with van der Waals surface area (Å²) in [6.07, 6.45) is -0.781. The summed E-state index contributed by atoms with van der Waals surface area (Å²) >= 11 is 0. The maximum atomic E-state index is 13.3. The first-order chi connectivity index (χ1) is 12.6. The maximum Gasteiger partial charge on any atom is 0.332 e. The van der Waals surface area contributed by atoms with E-state index in [1.54, 1.807) is 37.3 Å². The summed E-state index contributed by atoms with van der Waals surface area (Å²) in [7, 11) is 0. The zero-order valence-electron chi connectivity index (χ0n) is 14.2. The summed E-state index contributed by atoms with van der Waals surface area (Å²) in [5.41, 5.74) is 1.12. The van der Waals surface area contributed by atoms with Crippen molar-refractivity contribution in [3.63, 3.8) is 0 Å². The largest absolute Gasteiger partial charge is 0.473 e. The van der Waals surface area contributed by atoms with E-state index < -0.39 is 18.0 Å². The lowest BCUT2D eigenvalue weighted by Crippen LogP contribution is -2.34. The molecule has 0 unspecified atom stereocenters. The van der Waals surface area contributed by atoms with Gasteiger partial charge in [-0.1, -0.05) is 24.3 Å². The summed E-state index contributed by atoms with van der Waals surface area (Å²) in [5, 5.41) is 0. The number of amides is 1. The van der Waals surface area contributed by atoms with Crippen molar-refractivity contribution in [3.8, 4) is 5.75 Å². The Hall–Kier alpha value is -2.93. The highest BCUT2D eigenvalue weighted by Gasteiger charge is 2.38. The molecule has 1 heterocycles. The van der Waals surface area contributed by atoms with Crippen molar-refractivity contribution in [1.82, 2.24) is 4.90 Å². The first kappa shape index (κ1) is 17.9. The summed E-state index contributed by atoms with van der Waals surface area (Å²) < 4.78 is 29.3. The lowest BCUT2D eigenvalue weighted by molar-refractivity contribution is -0.155. The number of fused-ring (bicyclic) bond motifs is 1. The molecule has 0 saturated carbocycles. The first-order valence-corrected chi connectivity index (χ1v) is 8.15. The number of hydrogen-bond donors (Lipinski definition) is 0. The van der Waals surface area contributed by atoms with E-state index in [-0.39, 0.29) is 31.6 Å². The highest BCUT2D eigenvalue weighted by Crippen LogP contribution is 2.34. The number of esters is 1. The molecule has 7 heteroatoms. The molecule has 2 aromatic carbocycles. The number of rotatable bonds is 7. The van der Waals surface area contributed by atoms with Crippen molar-refractivity contribution < 1.29 is 28.2 Å². The van der Waals surface area contributed by atoms with Crippen molar-refractivity contribution in [2.45, 2.75) is 13.2 Å². The van der Waals surface area contributed by atoms with Crippen molar-refractivity contribution in [3.05, 3.63) is 65.5 Å². The second-order valence-corrected chi connectivity index (χ2v) is 5.56. The maximum absolute atomic E-state index is 13.3. The first-order valence-electron chi connectivity index (χ1n) is 8.15. The van der Waals surface area contributed by atoms with E-state index in [0.29, 0.717) is 11.1 Å². The summed E-state index contributed by atoms with van der Waals surface area (Å²) in [6, 6.07) is 12.6. The lowest BCUT2D eigenvalue weighted by Gasteiger charge is -2.25. The molecule has 0 fully saturated rings. The molecule has 0 spiro atoms. The van der Waals surface area contributed by atoms with Crippen LogP contribution in [0.5, 0.6) is 5.75 Å². The third-order valence-electron chi connectivity index (χ3n) is 3.83. The van der Waals surface area contributed by atoms with Gasteiger partial charge in [-0.25, -0.2) is 9.18 Å². The number of carbonyl (C=O) groups is 2. The van der Waals surface area contributed by atoms with E-state index in [0.717, 1.165) is 0 Å². The number of carbonyl (C=O) groups excluding carboxylic acids is 2. The zero-order valence-corrected chi connectivity index (χ0v) is 14.2. The van der Waals surface area contributed by atoms with Gasteiger partial charge in [0.05, 0.1) is 6.61 Å². The monoisotopic (exact) mass is 359 g/mol. The van der Waals surface area contributed by atoms with Crippen LogP contribution in [0.1, 0.15) is 29.1 Å². The minimum Gasteiger partial charge on any atom is -0.473 e. The van der Waals surface area contributed by atoms with Gasteiger partial charge in [0.1, 0.15) is 18.2 Å². The molecular weight excluding hydrogens is 341 g/mol. The van der Waals surface area contributed by atoms with Gasteiger partial charge in [-0.2, -0.15) is 0 Å². The Kier molecular flexibility index (Phi) is 5.48. The van der Waals surface area contributed by atoms with E-state index in [1.165, 1.54) is 23.1 Å². The lowest BCUT2D eigenvalue weighted by atomic mass is 10.1. The molecule has 6 nitrogen and oxygen atoms in total. The average Bonchev–Trinajstić information content (AvgIpc) is 2.90. The Morgan fingerprint density at radius 2 is 2.00 bits per heavy atom. The van der Waals surface area contributed by atoms with Crippen LogP contribution < -0.4 is 4.74 Å². The standard InChI is InChI=1S/C19H18FNO5/c1-2-24-17(22)11-25-19-16-9-4-3-8-15(16)18(23)21(19)12-26-14-7-5-6-13(20)10-14/h3-10,19H,2,11-12H2,1H3/t19-/m0/s1. The predicted molar refractivity (Wildman–Crippen MR) is 89.8 cm³/mol. The van der Waals surface area contributed by atoms with Gasteiger partial charge in [0, 0.05) is 17.2 Å². The minimum absolute atomic E-state index is 0.148. The van der Waals surface area contributed by atoms with E-state index in [9.17, 15) is 14.0 Å². The number of benzene rings is 2. The molecular formula is C19H18FNO5. The van der Waals surface area contributed by atoms with Crippen molar-refractivity contribution in [2.75, 3.05) is 19.9 Å². The highest BCUT2D eigenvalue weighted by atomic mass is 19.1. The number of halogens is 1. The molecule has 3 rings (SSSR count). The van der Waals surface area contributed by atoms with Gasteiger partial charge in [0.25, 0.3) is 5.91 Å². The molecule has 0 radical (unpaired) electrons. The van der Waals surface area contributed by atoms with Crippen LogP contribution in [0.4, 0.5) is 4.39 Å². The van der Waals surface area contributed by atoms with E-state index >= 15 is 0 Å². The van der Waals surface area contributed by atoms with E-state index in [1.807, 2.05) is 0 Å². The van der Waals surface area contributed by atoms with E-state index in [2.05, 4.69) is 0 Å². The average molecular weight is 359 g/mol. The summed E-state index contributed by atoms with van der Waals surface area (Å²) in [4.78, 5) is 25.6. The number of hydrogen-bond acceptors (Lipinski definition) is 5. The van der Waals surface area contributed by atoms with Gasteiger partial charge >= 0.3 is 5.97 Å². The Labute approximate surface area is 150 Å². The molecule has 26 heavy (non-hydrogen) atoms. The van der Waals surface area contributed by atoms with Crippen LogP contribution in [0.15, 0.2) is 48.5 Å². The van der Waals surface area contributed by atoms with Crippen LogP contribution in [-0.4, -0.2) is 36.7 Å². The highest BCUT2D eigenvalue weighted by molar-refractivity contribution is 5.98. The summed E-state index contributed by atoms with van der Waals surface area (Å²) in [5.74, 6) is -0.951. The Morgan fingerprint density at radius 3 is 2.77 bits per heavy atom. The molecule has 1 aliphatic heterocycles. The molecule has 136 valence electrons. The van der Waals surface area contributed by atoms with Gasteiger partial charge < -0.3 is 14.2 Å². The van der Waals surface area contributed by atoms with Crippen molar-refractivity contribution >= 4 is 11.9 Å². The molecule has 0 N–H and O–H groups in total. The molecule has 0 aromatic heterocycles. The SMILES string of the molecule is CCOC(=O)CO[C@H]1c2ccccc2C(=O)N1COc1cccc(F)c1.